The van der Waals surface area contributed by atoms with Gasteiger partial charge in [-0.1, -0.05) is 6.92 Å². The molecule has 1 N–H and O–H groups in total. The van der Waals surface area contributed by atoms with Crippen molar-refractivity contribution in [2.45, 2.75) is 33.8 Å². The van der Waals surface area contributed by atoms with Gasteiger partial charge in [0.25, 0.3) is 0 Å². The Hall–Kier alpha value is -1.06. The van der Waals surface area contributed by atoms with Crippen molar-refractivity contribution in [3.8, 4) is 0 Å². The first kappa shape index (κ1) is 11.9. The molecule has 0 aliphatic heterocycles. The summed E-state index contributed by atoms with van der Waals surface area (Å²) in [7, 11) is 0. The number of hydrogen-bond acceptors (Lipinski definition) is 3. The second-order valence-corrected chi connectivity index (χ2v) is 3.32. The standard InChI is InChI=1S/C9H17NO3/c1-6(2)13-9(12)7(3)5-10-8(4)11/h6-7H,5H2,1-4H3,(H,10,11). The normalized spacial score (nSPS) is 12.4. The summed E-state index contributed by atoms with van der Waals surface area (Å²) in [6.45, 7) is 7.06. The minimum Gasteiger partial charge on any atom is -0.463 e. The second-order valence-electron chi connectivity index (χ2n) is 3.32. The maximum Gasteiger partial charge on any atom is 0.310 e. The van der Waals surface area contributed by atoms with Crippen molar-refractivity contribution < 1.29 is 14.3 Å². The van der Waals surface area contributed by atoms with E-state index >= 15 is 0 Å². The van der Waals surface area contributed by atoms with E-state index in [0.717, 1.165) is 0 Å². The van der Waals surface area contributed by atoms with Crippen LogP contribution in [0.1, 0.15) is 27.7 Å². The average Bonchev–Trinajstić information content (AvgIpc) is 1.98. The zero-order valence-electron chi connectivity index (χ0n) is 8.59. The van der Waals surface area contributed by atoms with Crippen LogP contribution >= 0.6 is 0 Å². The third-order valence-corrected chi connectivity index (χ3v) is 1.41. The smallest absolute Gasteiger partial charge is 0.310 e. The van der Waals surface area contributed by atoms with Crippen LogP contribution in [0.5, 0.6) is 0 Å². The Morgan fingerprint density at radius 3 is 2.23 bits per heavy atom. The molecule has 13 heavy (non-hydrogen) atoms. The number of carbonyl (C=O) groups excluding carboxylic acids is 2. The van der Waals surface area contributed by atoms with Gasteiger partial charge in [-0.15, -0.1) is 0 Å². The number of rotatable bonds is 4. The zero-order valence-corrected chi connectivity index (χ0v) is 8.59. The predicted molar refractivity (Wildman–Crippen MR) is 49.1 cm³/mol. The Balaban J connectivity index is 3.76. The van der Waals surface area contributed by atoms with E-state index in [1.54, 1.807) is 20.8 Å². The van der Waals surface area contributed by atoms with Gasteiger partial charge in [0.2, 0.25) is 5.91 Å². The lowest BCUT2D eigenvalue weighted by Crippen LogP contribution is -2.31. The highest BCUT2D eigenvalue weighted by Gasteiger charge is 2.15. The van der Waals surface area contributed by atoms with Gasteiger partial charge in [-0.05, 0) is 13.8 Å². The Bertz CT molecular complexity index is 189. The van der Waals surface area contributed by atoms with Crippen molar-refractivity contribution in [1.29, 1.82) is 0 Å². The predicted octanol–water partition coefficient (Wildman–Crippen LogP) is 0.710. The maximum absolute atomic E-state index is 11.2. The second kappa shape index (κ2) is 5.56. The molecule has 0 aromatic carbocycles. The van der Waals surface area contributed by atoms with E-state index in [4.69, 9.17) is 4.74 Å². The molecule has 0 aromatic rings. The zero-order chi connectivity index (χ0) is 10.4. The molecule has 1 amide bonds. The molecule has 0 aromatic heterocycles. The molecule has 0 bridgehead atoms. The fourth-order valence-electron chi connectivity index (χ4n) is 0.729. The molecule has 0 rings (SSSR count). The molecule has 1 atom stereocenters. The molecule has 0 fully saturated rings. The van der Waals surface area contributed by atoms with E-state index in [1.165, 1.54) is 6.92 Å². The van der Waals surface area contributed by atoms with Crippen molar-refractivity contribution >= 4 is 11.9 Å². The molecule has 0 spiro atoms. The summed E-state index contributed by atoms with van der Waals surface area (Å²) in [5, 5.41) is 2.56. The first-order valence-corrected chi connectivity index (χ1v) is 4.38. The SMILES string of the molecule is CC(=O)NCC(C)C(=O)OC(C)C. The molecule has 1 unspecified atom stereocenters. The van der Waals surface area contributed by atoms with Gasteiger partial charge in [0.1, 0.15) is 0 Å². The van der Waals surface area contributed by atoms with E-state index in [2.05, 4.69) is 5.32 Å². The molecule has 0 radical (unpaired) electrons. The number of amides is 1. The van der Waals surface area contributed by atoms with E-state index < -0.39 is 0 Å². The highest BCUT2D eigenvalue weighted by molar-refractivity contribution is 5.75. The summed E-state index contributed by atoms with van der Waals surface area (Å²) >= 11 is 0. The van der Waals surface area contributed by atoms with Gasteiger partial charge in [0.15, 0.2) is 0 Å². The summed E-state index contributed by atoms with van der Waals surface area (Å²) in [5.74, 6) is -0.695. The lowest BCUT2D eigenvalue weighted by atomic mass is 10.2. The van der Waals surface area contributed by atoms with Gasteiger partial charge in [-0.3, -0.25) is 9.59 Å². The molecule has 0 aliphatic carbocycles. The van der Waals surface area contributed by atoms with E-state index in [9.17, 15) is 9.59 Å². The van der Waals surface area contributed by atoms with E-state index in [1.807, 2.05) is 0 Å². The maximum atomic E-state index is 11.2. The first-order valence-electron chi connectivity index (χ1n) is 4.38. The van der Waals surface area contributed by atoms with Gasteiger partial charge in [0, 0.05) is 13.5 Å². The highest BCUT2D eigenvalue weighted by Crippen LogP contribution is 1.99. The lowest BCUT2D eigenvalue weighted by Gasteiger charge is -2.13. The Morgan fingerprint density at radius 1 is 1.31 bits per heavy atom. The Kier molecular flexibility index (Phi) is 5.11. The van der Waals surface area contributed by atoms with E-state index in [-0.39, 0.29) is 23.9 Å². The van der Waals surface area contributed by atoms with Gasteiger partial charge in [-0.25, -0.2) is 0 Å². The number of hydrogen-bond donors (Lipinski definition) is 1. The van der Waals surface area contributed by atoms with Crippen LogP contribution in [0, 0.1) is 5.92 Å². The summed E-state index contributed by atoms with van der Waals surface area (Å²) in [4.78, 5) is 21.7. The summed E-state index contributed by atoms with van der Waals surface area (Å²) < 4.78 is 4.95. The van der Waals surface area contributed by atoms with Crippen molar-refractivity contribution in [2.75, 3.05) is 6.54 Å². The van der Waals surface area contributed by atoms with Crippen LogP contribution in [-0.2, 0) is 14.3 Å². The Morgan fingerprint density at radius 2 is 1.85 bits per heavy atom. The van der Waals surface area contributed by atoms with Crippen LogP contribution in [0.15, 0.2) is 0 Å². The molecule has 0 aliphatic rings. The van der Waals surface area contributed by atoms with Crippen molar-refractivity contribution in [3.63, 3.8) is 0 Å². The minimum atomic E-state index is -0.286. The topological polar surface area (TPSA) is 55.4 Å². The van der Waals surface area contributed by atoms with Gasteiger partial charge >= 0.3 is 5.97 Å². The molecular formula is C9H17NO3. The summed E-state index contributed by atoms with van der Waals surface area (Å²) in [6, 6.07) is 0. The number of nitrogens with one attached hydrogen (secondary N) is 1. The van der Waals surface area contributed by atoms with Crippen LogP contribution in [0.4, 0.5) is 0 Å². The molecule has 0 saturated carbocycles. The molecule has 0 saturated heterocycles. The fraction of sp³-hybridized carbons (Fsp3) is 0.778. The number of ether oxygens (including phenoxy) is 1. The lowest BCUT2D eigenvalue weighted by molar-refractivity contribution is -0.151. The molecule has 0 heterocycles. The summed E-state index contributed by atoms with van der Waals surface area (Å²) in [6.07, 6.45) is -0.104. The van der Waals surface area contributed by atoms with E-state index in [0.29, 0.717) is 6.54 Å². The van der Waals surface area contributed by atoms with Crippen molar-refractivity contribution in [1.82, 2.24) is 5.32 Å². The van der Waals surface area contributed by atoms with Crippen LogP contribution in [0.25, 0.3) is 0 Å². The largest absolute Gasteiger partial charge is 0.463 e. The molecule has 76 valence electrons. The number of carbonyl (C=O) groups is 2. The monoisotopic (exact) mass is 187 g/mol. The van der Waals surface area contributed by atoms with Crippen molar-refractivity contribution in [3.05, 3.63) is 0 Å². The summed E-state index contributed by atoms with van der Waals surface area (Å²) in [5.41, 5.74) is 0. The average molecular weight is 187 g/mol. The van der Waals surface area contributed by atoms with Crippen LogP contribution < -0.4 is 5.32 Å². The highest BCUT2D eigenvalue weighted by atomic mass is 16.5. The molecule has 4 heteroatoms. The van der Waals surface area contributed by atoms with Gasteiger partial charge in [0.05, 0.1) is 12.0 Å². The van der Waals surface area contributed by atoms with Crippen molar-refractivity contribution in [2.24, 2.45) is 5.92 Å². The quantitative estimate of drug-likeness (QED) is 0.659. The number of esters is 1. The third kappa shape index (κ3) is 6.13. The van der Waals surface area contributed by atoms with Crippen LogP contribution in [-0.4, -0.2) is 24.5 Å². The Labute approximate surface area is 78.6 Å². The molecular weight excluding hydrogens is 170 g/mol. The minimum absolute atomic E-state index is 0.104. The third-order valence-electron chi connectivity index (χ3n) is 1.41. The van der Waals surface area contributed by atoms with Gasteiger partial charge < -0.3 is 10.1 Å². The molecule has 4 nitrogen and oxygen atoms in total. The fourth-order valence-corrected chi connectivity index (χ4v) is 0.729. The van der Waals surface area contributed by atoms with Crippen LogP contribution in [0.2, 0.25) is 0 Å². The van der Waals surface area contributed by atoms with Gasteiger partial charge in [-0.2, -0.15) is 0 Å². The van der Waals surface area contributed by atoms with Crippen LogP contribution in [0.3, 0.4) is 0 Å². The first-order chi connectivity index (χ1) is 5.93.